The number of hydrogen-bond donors (Lipinski definition) is 2. The molecule has 2 aliphatic rings. The molecule has 1 saturated carbocycles. The lowest BCUT2D eigenvalue weighted by molar-refractivity contribution is 0.217. The summed E-state index contributed by atoms with van der Waals surface area (Å²) < 4.78 is 19.2. The molecule has 0 bridgehead atoms. The van der Waals surface area contributed by atoms with E-state index in [1.54, 1.807) is 24.3 Å². The van der Waals surface area contributed by atoms with Crippen molar-refractivity contribution in [3.05, 3.63) is 95.0 Å². The van der Waals surface area contributed by atoms with Crippen LogP contribution in [0.25, 0.3) is 20.9 Å². The maximum absolute atomic E-state index is 13.4. The number of aliphatic hydroxyl groups is 1. The Hall–Kier alpha value is -3.63. The maximum Gasteiger partial charge on any atom is 0.161 e. The van der Waals surface area contributed by atoms with Gasteiger partial charge in [0, 0.05) is 37.5 Å². The van der Waals surface area contributed by atoms with Crippen molar-refractivity contribution >= 4 is 44.8 Å². The summed E-state index contributed by atoms with van der Waals surface area (Å²) in [6.45, 7) is 3.64. The first kappa shape index (κ1) is 26.3. The lowest BCUT2D eigenvalue weighted by Crippen LogP contribution is -2.24. The summed E-state index contributed by atoms with van der Waals surface area (Å²) in [5.74, 6) is 2.68. The fourth-order valence-electron chi connectivity index (χ4n) is 5.74. The van der Waals surface area contributed by atoms with Crippen LogP contribution in [0.4, 0.5) is 15.9 Å². The van der Waals surface area contributed by atoms with E-state index in [1.165, 1.54) is 35.4 Å². The van der Waals surface area contributed by atoms with E-state index < -0.39 is 0 Å². The Morgan fingerprint density at radius 1 is 1.02 bits per heavy atom. The Labute approximate surface area is 245 Å². The standard InChI is InChI=1S/C31H27ClFN5O2S/c32-26-11-22(8-9-27(26)40-16-19-2-1-3-21(33)10-19)36-29-28-31(35-17-34-29)41-30(37-28)20-6-4-18(5-7-20)12-38-13-23-24(14-38)25(23)15-39/h1-11,17,23-25,39H,12-16H2,(H,34,35,36)/t23-,24+,25+. The number of fused-ring (bicyclic) bond motifs is 2. The molecular formula is C31H27ClFN5O2S. The normalized spacial score (nSPS) is 19.8. The SMILES string of the molecule is OC[C@@H]1[C@H]2CN(Cc3ccc(-c4nc5c(Nc6ccc(OCc7cccc(F)c7)c(Cl)c6)ncnc5s4)cc3)C[C@@H]12. The van der Waals surface area contributed by atoms with Crippen LogP contribution in [0, 0.1) is 23.6 Å². The molecule has 3 atom stereocenters. The van der Waals surface area contributed by atoms with Crippen LogP contribution in [0.3, 0.4) is 0 Å². The molecule has 41 heavy (non-hydrogen) atoms. The lowest BCUT2D eigenvalue weighted by atomic mass is 10.1. The number of aromatic nitrogens is 3. The molecule has 1 aliphatic heterocycles. The number of nitrogens with one attached hydrogen (secondary N) is 1. The predicted octanol–water partition coefficient (Wildman–Crippen LogP) is 6.54. The largest absolute Gasteiger partial charge is 0.487 e. The average Bonchev–Trinajstić information content (AvgIpc) is 3.26. The van der Waals surface area contributed by atoms with Crippen LogP contribution in [0.2, 0.25) is 5.02 Å². The summed E-state index contributed by atoms with van der Waals surface area (Å²) in [6.07, 6.45) is 1.52. The van der Waals surface area contributed by atoms with Crippen LogP contribution in [-0.4, -0.2) is 44.7 Å². The summed E-state index contributed by atoms with van der Waals surface area (Å²) in [7, 11) is 0. The van der Waals surface area contributed by atoms with Crippen molar-refractivity contribution in [1.29, 1.82) is 0 Å². The van der Waals surface area contributed by atoms with Crippen LogP contribution in [-0.2, 0) is 13.2 Å². The molecule has 208 valence electrons. The molecule has 10 heteroatoms. The zero-order valence-electron chi connectivity index (χ0n) is 22.0. The van der Waals surface area contributed by atoms with Gasteiger partial charge >= 0.3 is 0 Å². The second kappa shape index (κ2) is 11.0. The minimum Gasteiger partial charge on any atom is -0.487 e. The maximum atomic E-state index is 13.4. The van der Waals surface area contributed by atoms with Gasteiger partial charge in [0.25, 0.3) is 0 Å². The molecule has 0 spiro atoms. The number of thiazole rings is 1. The van der Waals surface area contributed by atoms with E-state index >= 15 is 0 Å². The van der Waals surface area contributed by atoms with Gasteiger partial charge < -0.3 is 15.2 Å². The molecule has 0 unspecified atom stereocenters. The Bertz CT molecular complexity index is 1700. The second-order valence-electron chi connectivity index (χ2n) is 10.6. The van der Waals surface area contributed by atoms with Gasteiger partial charge in [-0.1, -0.05) is 59.3 Å². The first-order valence-electron chi connectivity index (χ1n) is 13.5. The average molecular weight is 588 g/mol. The minimum atomic E-state index is -0.304. The van der Waals surface area contributed by atoms with Crippen molar-refractivity contribution in [1.82, 2.24) is 19.9 Å². The van der Waals surface area contributed by atoms with Crippen molar-refractivity contribution < 1.29 is 14.2 Å². The van der Waals surface area contributed by atoms with Gasteiger partial charge in [-0.3, -0.25) is 4.90 Å². The van der Waals surface area contributed by atoms with Crippen LogP contribution in [0.1, 0.15) is 11.1 Å². The van der Waals surface area contributed by atoms with Crippen LogP contribution in [0.15, 0.2) is 73.1 Å². The quantitative estimate of drug-likeness (QED) is 0.203. The molecule has 7 rings (SSSR count). The topological polar surface area (TPSA) is 83.4 Å². The van der Waals surface area contributed by atoms with Crippen molar-refractivity contribution in [2.45, 2.75) is 13.2 Å². The summed E-state index contributed by atoms with van der Waals surface area (Å²) in [5, 5.41) is 14.0. The van der Waals surface area contributed by atoms with Gasteiger partial charge in [0.15, 0.2) is 5.82 Å². The second-order valence-corrected chi connectivity index (χ2v) is 12.0. The number of likely N-dealkylation sites (tertiary alicyclic amines) is 1. The molecule has 1 aliphatic carbocycles. The van der Waals surface area contributed by atoms with Crippen molar-refractivity contribution in [3.8, 4) is 16.3 Å². The number of nitrogens with zero attached hydrogens (tertiary/aromatic N) is 4. The number of ether oxygens (including phenoxy) is 1. The summed E-state index contributed by atoms with van der Waals surface area (Å²) in [6, 6.07) is 20.2. The summed E-state index contributed by atoms with van der Waals surface area (Å²) >= 11 is 8.01. The number of aliphatic hydroxyl groups excluding tert-OH is 1. The lowest BCUT2D eigenvalue weighted by Gasteiger charge is -2.19. The third kappa shape index (κ3) is 5.50. The van der Waals surface area contributed by atoms with Gasteiger partial charge in [0.2, 0.25) is 0 Å². The Morgan fingerprint density at radius 3 is 2.61 bits per heavy atom. The van der Waals surface area contributed by atoms with Gasteiger partial charge in [0.1, 0.15) is 39.9 Å². The van der Waals surface area contributed by atoms with Crippen LogP contribution in [0.5, 0.6) is 5.75 Å². The molecule has 2 N–H and O–H groups in total. The van der Waals surface area contributed by atoms with Gasteiger partial charge in [-0.25, -0.2) is 19.3 Å². The monoisotopic (exact) mass is 587 g/mol. The highest BCUT2D eigenvalue weighted by Crippen LogP contribution is 2.51. The van der Waals surface area contributed by atoms with E-state index in [2.05, 4.69) is 44.5 Å². The molecule has 3 aromatic carbocycles. The zero-order valence-corrected chi connectivity index (χ0v) is 23.6. The first-order valence-corrected chi connectivity index (χ1v) is 14.7. The number of piperidine rings is 1. The van der Waals surface area contributed by atoms with Crippen molar-refractivity contribution in [2.75, 3.05) is 25.0 Å². The highest BCUT2D eigenvalue weighted by atomic mass is 35.5. The van der Waals surface area contributed by atoms with E-state index in [9.17, 15) is 9.50 Å². The number of benzene rings is 3. The summed E-state index contributed by atoms with van der Waals surface area (Å²) in [5.41, 5.74) is 4.46. The molecule has 2 aromatic heterocycles. The fraction of sp³-hybridized carbons (Fsp3) is 0.258. The third-order valence-corrected chi connectivity index (χ3v) is 9.25. The predicted molar refractivity (Wildman–Crippen MR) is 159 cm³/mol. The third-order valence-electron chi connectivity index (χ3n) is 7.94. The first-order chi connectivity index (χ1) is 20.0. The number of halogens is 2. The van der Waals surface area contributed by atoms with Crippen molar-refractivity contribution in [3.63, 3.8) is 0 Å². The van der Waals surface area contributed by atoms with Gasteiger partial charge in [-0.05, 0) is 59.2 Å². The highest BCUT2D eigenvalue weighted by molar-refractivity contribution is 7.21. The Balaban J connectivity index is 1.03. The molecule has 7 nitrogen and oxygen atoms in total. The molecule has 2 fully saturated rings. The van der Waals surface area contributed by atoms with Gasteiger partial charge in [-0.2, -0.15) is 0 Å². The fourth-order valence-corrected chi connectivity index (χ4v) is 6.88. The zero-order chi connectivity index (χ0) is 27.9. The number of rotatable bonds is 9. The molecule has 0 radical (unpaired) electrons. The molecule has 0 amide bonds. The molecule has 5 aromatic rings. The van der Waals surface area contributed by atoms with E-state index in [1.807, 2.05) is 6.07 Å². The van der Waals surface area contributed by atoms with E-state index in [0.29, 0.717) is 46.5 Å². The smallest absolute Gasteiger partial charge is 0.161 e. The Kier molecular flexibility index (Phi) is 7.04. The highest BCUT2D eigenvalue weighted by Gasteiger charge is 2.54. The van der Waals surface area contributed by atoms with E-state index in [-0.39, 0.29) is 12.4 Å². The van der Waals surface area contributed by atoms with E-state index in [0.717, 1.165) is 46.3 Å². The minimum absolute atomic E-state index is 0.212. The molecule has 3 heterocycles. The van der Waals surface area contributed by atoms with Crippen LogP contribution < -0.4 is 10.1 Å². The Morgan fingerprint density at radius 2 is 1.85 bits per heavy atom. The molecular weight excluding hydrogens is 561 g/mol. The number of anilines is 2. The van der Waals surface area contributed by atoms with Crippen molar-refractivity contribution in [2.24, 2.45) is 17.8 Å². The summed E-state index contributed by atoms with van der Waals surface area (Å²) in [4.78, 5) is 17.0. The van der Waals surface area contributed by atoms with E-state index in [4.69, 9.17) is 21.3 Å². The molecule has 1 saturated heterocycles. The van der Waals surface area contributed by atoms with Gasteiger partial charge in [-0.15, -0.1) is 0 Å². The van der Waals surface area contributed by atoms with Crippen LogP contribution >= 0.6 is 22.9 Å². The van der Waals surface area contributed by atoms with Gasteiger partial charge in [0.05, 0.1) is 5.02 Å². The number of hydrogen-bond acceptors (Lipinski definition) is 8.